The summed E-state index contributed by atoms with van der Waals surface area (Å²) in [5.41, 5.74) is -0.469. The number of rotatable bonds is 4. The van der Waals surface area contributed by atoms with Crippen molar-refractivity contribution in [3.63, 3.8) is 0 Å². The molecule has 0 aliphatic heterocycles. The number of carbonyl (C=O) groups excluding carboxylic acids is 4. The number of hydrogen-bond donors (Lipinski definition) is 2. The number of carbonyl (C=O) groups is 4. The van der Waals surface area contributed by atoms with Crippen LogP contribution in [0.4, 0.5) is 0 Å². The van der Waals surface area contributed by atoms with E-state index < -0.39 is 64.5 Å². The quantitative estimate of drug-likeness (QED) is 0.298. The number of benzene rings is 1. The van der Waals surface area contributed by atoms with E-state index in [-0.39, 0.29) is 12.0 Å². The average molecular weight is 465 g/mol. The van der Waals surface area contributed by atoms with Crippen molar-refractivity contribution in [2.24, 2.45) is 17.8 Å². The van der Waals surface area contributed by atoms with Crippen LogP contribution in [-0.4, -0.2) is 55.2 Å². The first-order chi connectivity index (χ1) is 15.2. The minimum atomic E-state index is -1.53. The number of aliphatic hydroxyl groups is 2. The lowest BCUT2D eigenvalue weighted by Crippen LogP contribution is -2.45. The van der Waals surface area contributed by atoms with E-state index in [1.807, 2.05) is 0 Å². The lowest BCUT2D eigenvalue weighted by Gasteiger charge is -2.40. The van der Waals surface area contributed by atoms with E-state index in [1.54, 1.807) is 24.3 Å². The Labute approximate surface area is 188 Å². The zero-order chi connectivity index (χ0) is 23.7. The topological polar surface area (TPSA) is 136 Å². The molecule has 2 N–H and O–H groups in total. The molecule has 170 valence electrons. The Bertz CT molecular complexity index is 1040. The summed E-state index contributed by atoms with van der Waals surface area (Å²) in [4.78, 5) is 50.4. The summed E-state index contributed by atoms with van der Waals surface area (Å²) in [6.45, 7) is 0. The largest absolute Gasteiger partial charge is 0.511 e. The maximum absolute atomic E-state index is 13.0. The number of hydrogen-bond acceptors (Lipinski definition) is 9. The lowest BCUT2D eigenvalue weighted by atomic mass is 9.62. The van der Waals surface area contributed by atoms with Crippen LogP contribution in [-0.2, 0) is 33.4 Å². The monoisotopic (exact) mass is 464 g/mol. The maximum atomic E-state index is 13.0. The summed E-state index contributed by atoms with van der Waals surface area (Å²) >= 11 is 5.96. The van der Waals surface area contributed by atoms with Crippen molar-refractivity contribution in [3.05, 3.63) is 57.5 Å². The van der Waals surface area contributed by atoms with Gasteiger partial charge in [0.1, 0.15) is 28.9 Å². The Hall–Kier alpha value is -3.33. The molecule has 0 saturated heterocycles. The zero-order valence-corrected chi connectivity index (χ0v) is 18.2. The van der Waals surface area contributed by atoms with Gasteiger partial charge in [-0.15, -0.1) is 0 Å². The van der Waals surface area contributed by atoms with Crippen LogP contribution in [0.25, 0.3) is 0 Å². The molecule has 0 spiro atoms. The van der Waals surface area contributed by atoms with Gasteiger partial charge in [-0.1, -0.05) is 23.7 Å². The zero-order valence-electron chi connectivity index (χ0n) is 17.5. The third-order valence-electron chi connectivity index (χ3n) is 5.87. The Morgan fingerprint density at radius 3 is 2.00 bits per heavy atom. The van der Waals surface area contributed by atoms with Gasteiger partial charge in [0.15, 0.2) is 5.78 Å². The highest BCUT2D eigenvalue weighted by molar-refractivity contribution is 6.30. The highest BCUT2D eigenvalue weighted by Crippen LogP contribution is 2.51. The van der Waals surface area contributed by atoms with Gasteiger partial charge in [-0.3, -0.25) is 14.4 Å². The Morgan fingerprint density at radius 1 is 0.906 bits per heavy atom. The predicted molar refractivity (Wildman–Crippen MR) is 110 cm³/mol. The van der Waals surface area contributed by atoms with Gasteiger partial charge in [-0.05, 0) is 24.1 Å². The van der Waals surface area contributed by atoms with E-state index in [0.29, 0.717) is 10.6 Å². The molecule has 3 rings (SSSR count). The molecule has 0 radical (unpaired) electrons. The van der Waals surface area contributed by atoms with Gasteiger partial charge in [-0.2, -0.15) is 0 Å². The van der Waals surface area contributed by atoms with Crippen LogP contribution < -0.4 is 0 Å². The molecular formula is C22H21ClO9. The van der Waals surface area contributed by atoms with Gasteiger partial charge in [0.25, 0.3) is 0 Å². The molecule has 0 amide bonds. The van der Waals surface area contributed by atoms with Crippen LogP contribution in [0.15, 0.2) is 46.9 Å². The highest BCUT2D eigenvalue weighted by Gasteiger charge is 2.54. The van der Waals surface area contributed by atoms with Crippen molar-refractivity contribution in [3.8, 4) is 0 Å². The molecule has 0 bridgehead atoms. The van der Waals surface area contributed by atoms with Gasteiger partial charge < -0.3 is 24.4 Å². The molecule has 9 nitrogen and oxygen atoms in total. The first kappa shape index (κ1) is 23.3. The number of Topliss-reactive ketones (excluding diaryl/α,β-unsaturated/α-hetero) is 1. The third kappa shape index (κ3) is 3.73. The van der Waals surface area contributed by atoms with Crippen LogP contribution in [0.2, 0.25) is 5.02 Å². The molecule has 32 heavy (non-hydrogen) atoms. The fraction of sp³-hybridized carbons (Fsp3) is 0.364. The minimum Gasteiger partial charge on any atom is -0.511 e. The number of aliphatic hydroxyl groups excluding tert-OH is 2. The number of ketones is 1. The van der Waals surface area contributed by atoms with Crippen molar-refractivity contribution in [1.29, 1.82) is 0 Å². The number of fused-ring (bicyclic) bond motifs is 1. The van der Waals surface area contributed by atoms with E-state index in [1.165, 1.54) is 0 Å². The number of methoxy groups -OCH3 is 3. The number of halogens is 1. The standard InChI is InChI=1S/C22H21ClO9/c1-30-20(27)14-11(9-4-6-10(23)7-5-9)8-12-13(17(14)24)18(25)16(22(29)32-3)19(26)15(12)21(28)31-2/h4-7,11-12,14-15,24-25H,8H2,1-3H3. The maximum Gasteiger partial charge on any atom is 0.345 e. The summed E-state index contributed by atoms with van der Waals surface area (Å²) in [6, 6.07) is 6.49. The average Bonchev–Trinajstić information content (AvgIpc) is 2.78. The van der Waals surface area contributed by atoms with Gasteiger partial charge in [0.2, 0.25) is 0 Å². The molecule has 4 atom stereocenters. The lowest BCUT2D eigenvalue weighted by molar-refractivity contribution is -0.152. The van der Waals surface area contributed by atoms with E-state index in [9.17, 15) is 29.4 Å². The predicted octanol–water partition coefficient (Wildman–Crippen LogP) is 2.40. The van der Waals surface area contributed by atoms with Gasteiger partial charge >= 0.3 is 17.9 Å². The van der Waals surface area contributed by atoms with Crippen LogP contribution in [0.5, 0.6) is 0 Å². The third-order valence-corrected chi connectivity index (χ3v) is 6.12. The normalized spacial score (nSPS) is 25.2. The van der Waals surface area contributed by atoms with E-state index in [0.717, 1.165) is 21.3 Å². The molecule has 0 fully saturated rings. The summed E-state index contributed by atoms with van der Waals surface area (Å²) < 4.78 is 14.2. The highest BCUT2D eigenvalue weighted by atomic mass is 35.5. The number of allylic oxidation sites excluding steroid dienone is 1. The summed E-state index contributed by atoms with van der Waals surface area (Å²) in [6.07, 6.45) is -0.00912. The molecule has 2 aliphatic rings. The smallest absolute Gasteiger partial charge is 0.345 e. The summed E-state index contributed by atoms with van der Waals surface area (Å²) in [5.74, 6) is -9.95. The first-order valence-electron chi connectivity index (χ1n) is 9.58. The molecule has 0 saturated carbocycles. The summed E-state index contributed by atoms with van der Waals surface area (Å²) in [5, 5.41) is 22.3. The van der Waals surface area contributed by atoms with Crippen LogP contribution in [0.3, 0.4) is 0 Å². The van der Waals surface area contributed by atoms with E-state index >= 15 is 0 Å². The Balaban J connectivity index is 2.29. The van der Waals surface area contributed by atoms with Gasteiger partial charge in [0, 0.05) is 22.4 Å². The molecule has 10 heteroatoms. The van der Waals surface area contributed by atoms with Crippen LogP contribution in [0, 0.1) is 17.8 Å². The number of esters is 3. The minimum absolute atomic E-state index is 0.00912. The molecule has 1 aromatic carbocycles. The van der Waals surface area contributed by atoms with Crippen molar-refractivity contribution in [2.75, 3.05) is 21.3 Å². The van der Waals surface area contributed by atoms with E-state index in [2.05, 4.69) is 4.74 Å². The fourth-order valence-electron chi connectivity index (χ4n) is 4.40. The second-order valence-electron chi connectivity index (χ2n) is 7.38. The molecule has 0 aromatic heterocycles. The SMILES string of the molecule is COC(=O)C1=C(O)C2=C(O)C(C(=O)OC)C(c3ccc(Cl)cc3)CC2C(C(=O)OC)C1=O. The van der Waals surface area contributed by atoms with Crippen molar-refractivity contribution in [1.82, 2.24) is 0 Å². The van der Waals surface area contributed by atoms with Gasteiger partial charge in [0.05, 0.1) is 21.3 Å². The molecule has 1 aromatic rings. The molecule has 2 aliphatic carbocycles. The fourth-order valence-corrected chi connectivity index (χ4v) is 4.53. The second kappa shape index (κ2) is 9.04. The van der Waals surface area contributed by atoms with Crippen LogP contribution >= 0.6 is 11.6 Å². The van der Waals surface area contributed by atoms with Crippen molar-refractivity contribution in [2.45, 2.75) is 12.3 Å². The summed E-state index contributed by atoms with van der Waals surface area (Å²) in [7, 11) is 3.21. The molecule has 4 unspecified atom stereocenters. The van der Waals surface area contributed by atoms with Crippen molar-refractivity contribution >= 4 is 35.3 Å². The Morgan fingerprint density at radius 2 is 1.47 bits per heavy atom. The van der Waals surface area contributed by atoms with Gasteiger partial charge in [-0.25, -0.2) is 4.79 Å². The molecular weight excluding hydrogens is 444 g/mol. The molecule has 0 heterocycles. The van der Waals surface area contributed by atoms with E-state index in [4.69, 9.17) is 21.1 Å². The number of ether oxygens (including phenoxy) is 3. The second-order valence-corrected chi connectivity index (χ2v) is 7.82. The first-order valence-corrected chi connectivity index (χ1v) is 9.95. The van der Waals surface area contributed by atoms with Crippen molar-refractivity contribution < 1.29 is 43.6 Å². The Kier molecular flexibility index (Phi) is 6.59. The van der Waals surface area contributed by atoms with Crippen LogP contribution in [0.1, 0.15) is 17.9 Å².